The number of amides is 1. The Morgan fingerprint density at radius 2 is 2.18 bits per heavy atom. The smallest absolute Gasteiger partial charge is 0.309 e. The van der Waals surface area contributed by atoms with Gasteiger partial charge in [0.1, 0.15) is 18.4 Å². The number of carbonyl (C=O) groups excluding carboxylic acids is 1. The molecular weight excluding hydrogens is 288 g/mol. The lowest BCUT2D eigenvalue weighted by atomic mass is 10.2. The van der Waals surface area contributed by atoms with E-state index >= 15 is 0 Å². The van der Waals surface area contributed by atoms with Gasteiger partial charge in [0.2, 0.25) is 5.91 Å². The standard InChI is InChI=1S/C13H18N6O3/c1-4-17-7-11(9(2)16-17)5-14-13(20)8-18-10(3)12(6-15-18)19(21)22/h6-7H,4-5,8H2,1-3H3,(H,14,20). The first-order valence-corrected chi connectivity index (χ1v) is 6.88. The monoisotopic (exact) mass is 306 g/mol. The van der Waals surface area contributed by atoms with E-state index in [2.05, 4.69) is 15.5 Å². The van der Waals surface area contributed by atoms with E-state index < -0.39 is 4.92 Å². The van der Waals surface area contributed by atoms with Crippen molar-refractivity contribution in [1.82, 2.24) is 24.9 Å². The van der Waals surface area contributed by atoms with Gasteiger partial charge in [0.25, 0.3) is 0 Å². The Morgan fingerprint density at radius 1 is 1.45 bits per heavy atom. The maximum Gasteiger partial charge on any atom is 0.309 e. The van der Waals surface area contributed by atoms with E-state index in [0.29, 0.717) is 12.2 Å². The van der Waals surface area contributed by atoms with Crippen molar-refractivity contribution in [2.24, 2.45) is 0 Å². The fraction of sp³-hybridized carbons (Fsp3) is 0.462. The molecule has 9 nitrogen and oxygen atoms in total. The van der Waals surface area contributed by atoms with E-state index in [1.54, 1.807) is 11.6 Å². The minimum atomic E-state index is -0.515. The van der Waals surface area contributed by atoms with Crippen LogP contribution in [0.2, 0.25) is 0 Å². The van der Waals surface area contributed by atoms with Crippen LogP contribution in [0.25, 0.3) is 0 Å². The largest absolute Gasteiger partial charge is 0.350 e. The van der Waals surface area contributed by atoms with Gasteiger partial charge in [-0.1, -0.05) is 0 Å². The van der Waals surface area contributed by atoms with Gasteiger partial charge >= 0.3 is 5.69 Å². The summed E-state index contributed by atoms with van der Waals surface area (Å²) in [4.78, 5) is 22.2. The first kappa shape index (κ1) is 15.7. The zero-order chi connectivity index (χ0) is 16.3. The lowest BCUT2D eigenvalue weighted by Crippen LogP contribution is -2.28. The average Bonchev–Trinajstić information content (AvgIpc) is 3.00. The summed E-state index contributed by atoms with van der Waals surface area (Å²) in [6.45, 7) is 6.52. The van der Waals surface area contributed by atoms with Gasteiger partial charge in [-0.15, -0.1) is 0 Å². The van der Waals surface area contributed by atoms with Crippen molar-refractivity contribution in [2.45, 2.75) is 40.4 Å². The third-order valence-corrected chi connectivity index (χ3v) is 3.42. The highest BCUT2D eigenvalue weighted by molar-refractivity contribution is 5.75. The van der Waals surface area contributed by atoms with E-state index in [4.69, 9.17) is 0 Å². The first-order valence-electron chi connectivity index (χ1n) is 6.88. The van der Waals surface area contributed by atoms with Crippen LogP contribution < -0.4 is 5.32 Å². The molecule has 0 aliphatic rings. The molecule has 1 N–H and O–H groups in total. The molecule has 0 saturated heterocycles. The Bertz CT molecular complexity index is 703. The van der Waals surface area contributed by atoms with Crippen LogP contribution >= 0.6 is 0 Å². The van der Waals surface area contributed by atoms with Gasteiger partial charge in [0.05, 0.1) is 10.6 Å². The maximum atomic E-state index is 11.9. The van der Waals surface area contributed by atoms with Crippen molar-refractivity contribution in [1.29, 1.82) is 0 Å². The molecule has 2 heterocycles. The van der Waals surface area contributed by atoms with Gasteiger partial charge < -0.3 is 5.32 Å². The number of aryl methyl sites for hydroxylation is 2. The zero-order valence-corrected chi connectivity index (χ0v) is 12.7. The topological polar surface area (TPSA) is 108 Å². The SMILES string of the molecule is CCn1cc(CNC(=O)Cn2ncc([N+](=O)[O-])c2C)c(C)n1. The predicted octanol–water partition coefficient (Wildman–Crippen LogP) is 0.941. The minimum absolute atomic E-state index is 0.0549. The number of nitro groups is 1. The van der Waals surface area contributed by atoms with E-state index in [9.17, 15) is 14.9 Å². The Morgan fingerprint density at radius 3 is 2.73 bits per heavy atom. The van der Waals surface area contributed by atoms with Gasteiger partial charge in [-0.3, -0.25) is 24.3 Å². The number of hydrogen-bond acceptors (Lipinski definition) is 5. The fourth-order valence-electron chi connectivity index (χ4n) is 2.06. The Balaban J connectivity index is 1.96. The predicted molar refractivity (Wildman–Crippen MR) is 78.1 cm³/mol. The lowest BCUT2D eigenvalue weighted by Gasteiger charge is -2.05. The summed E-state index contributed by atoms with van der Waals surface area (Å²) in [5.41, 5.74) is 2.08. The summed E-state index contributed by atoms with van der Waals surface area (Å²) in [5.74, 6) is -0.259. The highest BCUT2D eigenvalue weighted by Gasteiger charge is 2.17. The summed E-state index contributed by atoms with van der Waals surface area (Å²) in [6.07, 6.45) is 3.04. The molecule has 2 rings (SSSR count). The molecule has 0 saturated carbocycles. The minimum Gasteiger partial charge on any atom is -0.350 e. The molecule has 9 heteroatoms. The first-order chi connectivity index (χ1) is 10.4. The number of rotatable bonds is 6. The molecule has 0 radical (unpaired) electrons. The molecule has 0 unspecified atom stereocenters. The van der Waals surface area contributed by atoms with Crippen LogP contribution in [0.1, 0.15) is 23.9 Å². The van der Waals surface area contributed by atoms with Gasteiger partial charge in [-0.2, -0.15) is 10.2 Å². The molecule has 1 amide bonds. The Kier molecular flexibility index (Phi) is 4.54. The summed E-state index contributed by atoms with van der Waals surface area (Å²) < 4.78 is 3.12. The van der Waals surface area contributed by atoms with Gasteiger partial charge in [0, 0.05) is 24.8 Å². The van der Waals surface area contributed by atoms with Crippen LogP contribution in [0.15, 0.2) is 12.4 Å². The Hall–Kier alpha value is -2.71. The number of aromatic nitrogens is 4. The normalized spacial score (nSPS) is 10.7. The van der Waals surface area contributed by atoms with E-state index in [1.807, 2.05) is 20.0 Å². The van der Waals surface area contributed by atoms with Crippen molar-refractivity contribution in [2.75, 3.05) is 0 Å². The van der Waals surface area contributed by atoms with Crippen molar-refractivity contribution >= 4 is 11.6 Å². The van der Waals surface area contributed by atoms with Gasteiger partial charge in [0.15, 0.2) is 0 Å². The fourth-order valence-corrected chi connectivity index (χ4v) is 2.06. The van der Waals surface area contributed by atoms with Crippen LogP contribution in [-0.4, -0.2) is 30.4 Å². The average molecular weight is 306 g/mol. The van der Waals surface area contributed by atoms with Gasteiger partial charge in [-0.05, 0) is 20.8 Å². The van der Waals surface area contributed by atoms with Crippen molar-refractivity contribution in [3.05, 3.63) is 39.5 Å². The van der Waals surface area contributed by atoms with Crippen LogP contribution in [0, 0.1) is 24.0 Å². The van der Waals surface area contributed by atoms with Crippen molar-refractivity contribution < 1.29 is 9.72 Å². The molecule has 0 atom stereocenters. The molecule has 0 bridgehead atoms. The highest BCUT2D eigenvalue weighted by Crippen LogP contribution is 2.15. The zero-order valence-electron chi connectivity index (χ0n) is 12.7. The number of hydrogen-bond donors (Lipinski definition) is 1. The summed E-state index contributed by atoms with van der Waals surface area (Å²) in [7, 11) is 0. The molecule has 2 aromatic heterocycles. The van der Waals surface area contributed by atoms with Crippen LogP contribution in [-0.2, 0) is 24.4 Å². The van der Waals surface area contributed by atoms with E-state index in [-0.39, 0.29) is 18.1 Å². The van der Waals surface area contributed by atoms with Crippen molar-refractivity contribution in [3.63, 3.8) is 0 Å². The molecule has 2 aromatic rings. The van der Waals surface area contributed by atoms with Crippen LogP contribution in [0.5, 0.6) is 0 Å². The van der Waals surface area contributed by atoms with Crippen molar-refractivity contribution in [3.8, 4) is 0 Å². The quantitative estimate of drug-likeness (QED) is 0.631. The molecular formula is C13H18N6O3. The molecule has 22 heavy (non-hydrogen) atoms. The number of nitrogens with zero attached hydrogens (tertiary/aromatic N) is 5. The van der Waals surface area contributed by atoms with Crippen LogP contribution in [0.4, 0.5) is 5.69 Å². The third-order valence-electron chi connectivity index (χ3n) is 3.42. The lowest BCUT2D eigenvalue weighted by molar-refractivity contribution is -0.385. The molecule has 0 aliphatic heterocycles. The number of nitrogens with one attached hydrogen (secondary N) is 1. The second kappa shape index (κ2) is 6.37. The molecule has 0 spiro atoms. The summed E-state index contributed by atoms with van der Waals surface area (Å²) >= 11 is 0. The molecule has 0 fully saturated rings. The molecule has 118 valence electrons. The maximum absolute atomic E-state index is 11.9. The van der Waals surface area contributed by atoms with Crippen LogP contribution in [0.3, 0.4) is 0 Å². The highest BCUT2D eigenvalue weighted by atomic mass is 16.6. The van der Waals surface area contributed by atoms with E-state index in [1.165, 1.54) is 4.68 Å². The molecule has 0 aliphatic carbocycles. The Labute approximate surface area is 127 Å². The van der Waals surface area contributed by atoms with E-state index in [0.717, 1.165) is 24.0 Å². The summed E-state index contributed by atoms with van der Waals surface area (Å²) in [6, 6.07) is 0. The summed E-state index contributed by atoms with van der Waals surface area (Å²) in [5, 5.41) is 21.7. The molecule has 0 aromatic carbocycles. The second-order valence-corrected chi connectivity index (χ2v) is 4.90. The number of carbonyl (C=O) groups is 1. The van der Waals surface area contributed by atoms with Gasteiger partial charge in [-0.25, -0.2) is 0 Å². The third kappa shape index (κ3) is 3.30. The second-order valence-electron chi connectivity index (χ2n) is 4.90.